The van der Waals surface area contributed by atoms with Crippen LogP contribution in [0.4, 0.5) is 0 Å². The molecule has 0 spiro atoms. The number of nitrogens with zero attached hydrogens (tertiary/aromatic N) is 8. The van der Waals surface area contributed by atoms with E-state index in [4.69, 9.17) is 29.9 Å². The van der Waals surface area contributed by atoms with Crippen LogP contribution in [0.15, 0.2) is 291 Å². The number of para-hydroxylation sites is 4. The molecule has 0 saturated carbocycles. The summed E-state index contributed by atoms with van der Waals surface area (Å²) in [5, 5.41) is 9.47. The zero-order chi connectivity index (χ0) is 53.7. The molecule has 11 aromatic carbocycles. The van der Waals surface area contributed by atoms with Crippen LogP contribution in [0.2, 0.25) is 0 Å². The molecule has 0 bridgehead atoms. The lowest BCUT2D eigenvalue weighted by molar-refractivity contribution is 0.953. The third-order valence-electron chi connectivity index (χ3n) is 15.6. The molecule has 4 aromatic heterocycles. The normalized spacial score (nSPS) is 11.7. The summed E-state index contributed by atoms with van der Waals surface area (Å²) in [6, 6.07) is 103. The predicted molar refractivity (Wildman–Crippen MR) is 333 cm³/mol. The number of hydrogen-bond acceptors (Lipinski definition) is 6. The van der Waals surface area contributed by atoms with Gasteiger partial charge in [0.05, 0.1) is 27.8 Å². The standard InChI is InChI=1S/C72H48N8Si/c1-6-25-49(26-7-1)67-73-70(76-71(75-67)60-40-19-23-44-65(60)79-62-41-20-16-37-57(62)58-38-17-21-42-63(58)79)52-31-24-36-55(47-52)81(53-32-12-4-13-33-53,54-34-14-5-15-35-54)56-45-46-66-61(48-56)59-39-18-22-43-64(59)80(66)72-77-68(50-27-8-2-9-28-50)74-69(78-72)51-29-10-3-11-30-51/h1-48H. The Hall–Kier alpha value is -10.7. The van der Waals surface area contributed by atoms with Gasteiger partial charge < -0.3 is 4.57 Å². The van der Waals surface area contributed by atoms with Crippen LogP contribution in [-0.4, -0.2) is 47.1 Å². The second kappa shape index (κ2) is 19.9. The maximum absolute atomic E-state index is 5.49. The highest BCUT2D eigenvalue weighted by Gasteiger charge is 2.42. The molecule has 0 radical (unpaired) electrons. The Kier molecular flexibility index (Phi) is 11.7. The lowest BCUT2D eigenvalue weighted by atomic mass is 10.1. The van der Waals surface area contributed by atoms with Gasteiger partial charge in [-0.05, 0) is 57.1 Å². The summed E-state index contributed by atoms with van der Waals surface area (Å²) in [4.78, 5) is 31.7. The fraction of sp³-hybridized carbons (Fsp3) is 0. The van der Waals surface area contributed by atoms with Crippen molar-refractivity contribution in [1.82, 2.24) is 39.0 Å². The molecular formula is C72H48N8Si. The summed E-state index contributed by atoms with van der Waals surface area (Å²) in [7, 11) is -3.22. The molecule has 0 unspecified atom stereocenters. The molecule has 0 fully saturated rings. The first-order chi connectivity index (χ1) is 40.2. The van der Waals surface area contributed by atoms with Gasteiger partial charge in [0.25, 0.3) is 0 Å². The molecule has 0 amide bonds. The molecule has 15 rings (SSSR count). The summed E-state index contributed by atoms with van der Waals surface area (Å²) in [6.45, 7) is 0. The van der Waals surface area contributed by atoms with E-state index in [9.17, 15) is 0 Å². The second-order valence-electron chi connectivity index (χ2n) is 20.2. The lowest BCUT2D eigenvalue weighted by Crippen LogP contribution is -2.74. The summed E-state index contributed by atoms with van der Waals surface area (Å²) >= 11 is 0. The van der Waals surface area contributed by atoms with E-state index >= 15 is 0 Å². The third kappa shape index (κ3) is 8.13. The average Bonchev–Trinajstić information content (AvgIpc) is 4.33. The molecular weight excluding hydrogens is 1000 g/mol. The Morgan fingerprint density at radius 3 is 1.15 bits per heavy atom. The van der Waals surface area contributed by atoms with Gasteiger partial charge in [-0.1, -0.05) is 255 Å². The maximum Gasteiger partial charge on any atom is 0.238 e. The number of fused-ring (bicyclic) bond motifs is 6. The minimum Gasteiger partial charge on any atom is -0.309 e. The first-order valence-electron chi connectivity index (χ1n) is 27.2. The minimum absolute atomic E-state index is 0.549. The van der Waals surface area contributed by atoms with Gasteiger partial charge in [-0.15, -0.1) is 0 Å². The largest absolute Gasteiger partial charge is 0.309 e. The molecule has 15 aromatic rings. The van der Waals surface area contributed by atoms with E-state index in [2.05, 4.69) is 221 Å². The van der Waals surface area contributed by atoms with Crippen LogP contribution in [0.1, 0.15) is 0 Å². The smallest absolute Gasteiger partial charge is 0.238 e. The van der Waals surface area contributed by atoms with Crippen LogP contribution < -0.4 is 20.7 Å². The SMILES string of the molecule is c1ccc(-c2nc(-c3cccc([Si](c4ccccc4)(c4ccccc4)c4ccc5c(c4)c4ccccc4n5-c4nc(-c5ccccc5)nc(-c5ccccc5)n4)c3)nc(-c3ccccc3-n3c4ccccc4c4ccccc43)n2)cc1. The van der Waals surface area contributed by atoms with Crippen LogP contribution in [0.25, 0.3) is 112 Å². The van der Waals surface area contributed by atoms with Crippen molar-refractivity contribution in [3.8, 4) is 68.6 Å². The van der Waals surface area contributed by atoms with Crippen molar-refractivity contribution in [3.05, 3.63) is 291 Å². The maximum atomic E-state index is 5.49. The van der Waals surface area contributed by atoms with Crippen LogP contribution in [0.5, 0.6) is 0 Å². The second-order valence-corrected chi connectivity index (χ2v) is 24.0. The zero-order valence-electron chi connectivity index (χ0n) is 43.8. The quantitative estimate of drug-likeness (QED) is 0.0947. The molecule has 380 valence electrons. The van der Waals surface area contributed by atoms with E-state index in [1.807, 2.05) is 78.9 Å². The molecule has 0 aliphatic heterocycles. The van der Waals surface area contributed by atoms with Gasteiger partial charge in [-0.3, -0.25) is 4.57 Å². The Balaban J connectivity index is 0.948. The van der Waals surface area contributed by atoms with Gasteiger partial charge in [0.2, 0.25) is 5.95 Å². The molecule has 0 saturated heterocycles. The van der Waals surface area contributed by atoms with Crippen molar-refractivity contribution < 1.29 is 0 Å². The third-order valence-corrected chi connectivity index (χ3v) is 20.3. The van der Waals surface area contributed by atoms with E-state index in [1.54, 1.807) is 0 Å². The van der Waals surface area contributed by atoms with E-state index in [1.165, 1.54) is 31.5 Å². The van der Waals surface area contributed by atoms with Crippen LogP contribution in [0.3, 0.4) is 0 Å². The topological polar surface area (TPSA) is 87.2 Å². The van der Waals surface area contributed by atoms with Crippen molar-refractivity contribution in [3.63, 3.8) is 0 Å². The summed E-state index contributed by atoms with van der Waals surface area (Å²) in [5.74, 6) is 3.53. The van der Waals surface area contributed by atoms with E-state index in [-0.39, 0.29) is 0 Å². The summed E-state index contributed by atoms with van der Waals surface area (Å²) in [5.41, 5.74) is 9.74. The summed E-state index contributed by atoms with van der Waals surface area (Å²) in [6.07, 6.45) is 0. The zero-order valence-corrected chi connectivity index (χ0v) is 44.8. The highest BCUT2D eigenvalue weighted by atomic mass is 28.3. The Bertz CT molecular complexity index is 4660. The van der Waals surface area contributed by atoms with Crippen LogP contribution in [0, 0.1) is 0 Å². The number of hydrogen-bond donors (Lipinski definition) is 0. The van der Waals surface area contributed by atoms with Gasteiger partial charge in [0.1, 0.15) is 0 Å². The Morgan fingerprint density at radius 2 is 0.605 bits per heavy atom. The fourth-order valence-corrected chi connectivity index (χ4v) is 16.8. The molecule has 9 heteroatoms. The van der Waals surface area contributed by atoms with E-state index < -0.39 is 8.07 Å². The first-order valence-corrected chi connectivity index (χ1v) is 29.2. The minimum atomic E-state index is -3.22. The molecule has 0 aliphatic carbocycles. The van der Waals surface area contributed by atoms with E-state index in [0.29, 0.717) is 35.1 Å². The van der Waals surface area contributed by atoms with Crippen molar-refractivity contribution in [2.75, 3.05) is 0 Å². The van der Waals surface area contributed by atoms with Gasteiger partial charge in [-0.25, -0.2) is 19.9 Å². The van der Waals surface area contributed by atoms with Gasteiger partial charge in [0, 0.05) is 49.4 Å². The molecule has 81 heavy (non-hydrogen) atoms. The molecule has 8 nitrogen and oxygen atoms in total. The van der Waals surface area contributed by atoms with Crippen LogP contribution >= 0.6 is 0 Å². The summed E-state index contributed by atoms with van der Waals surface area (Å²) < 4.78 is 4.54. The van der Waals surface area contributed by atoms with Crippen molar-refractivity contribution in [1.29, 1.82) is 0 Å². The number of benzene rings is 11. The number of rotatable bonds is 11. The monoisotopic (exact) mass is 1050 g/mol. The molecule has 0 N–H and O–H groups in total. The average molecular weight is 1050 g/mol. The van der Waals surface area contributed by atoms with Crippen LogP contribution in [-0.2, 0) is 0 Å². The van der Waals surface area contributed by atoms with Crippen molar-refractivity contribution in [2.24, 2.45) is 0 Å². The molecule has 0 aliphatic rings. The number of aromatic nitrogens is 8. The van der Waals surface area contributed by atoms with Gasteiger partial charge in [-0.2, -0.15) is 9.97 Å². The fourth-order valence-electron chi connectivity index (χ4n) is 12.0. The highest BCUT2D eigenvalue weighted by Crippen LogP contribution is 2.37. The molecule has 0 atom stereocenters. The van der Waals surface area contributed by atoms with Gasteiger partial charge in [0.15, 0.2) is 37.2 Å². The molecule has 4 heterocycles. The predicted octanol–water partition coefficient (Wildman–Crippen LogP) is 14.0. The lowest BCUT2D eigenvalue weighted by Gasteiger charge is -2.34. The van der Waals surface area contributed by atoms with Crippen molar-refractivity contribution in [2.45, 2.75) is 0 Å². The van der Waals surface area contributed by atoms with Crippen molar-refractivity contribution >= 4 is 72.4 Å². The first kappa shape index (κ1) is 47.5. The highest BCUT2D eigenvalue weighted by molar-refractivity contribution is 7.20. The van der Waals surface area contributed by atoms with Gasteiger partial charge >= 0.3 is 0 Å². The Morgan fingerprint density at radius 1 is 0.235 bits per heavy atom. The van der Waals surface area contributed by atoms with E-state index in [0.717, 1.165) is 66.3 Å². The Labute approximate surface area is 468 Å².